The first-order valence-electron chi connectivity index (χ1n) is 9.90. The number of primary amides is 1. The number of rotatable bonds is 5. The zero-order valence-corrected chi connectivity index (χ0v) is 17.4. The Bertz CT molecular complexity index is 1240. The van der Waals surface area contributed by atoms with E-state index in [4.69, 9.17) is 10.5 Å². The highest BCUT2D eigenvalue weighted by atomic mass is 16.5. The maximum Gasteiger partial charge on any atom is 0.306 e. The highest BCUT2D eigenvalue weighted by Crippen LogP contribution is 2.24. The van der Waals surface area contributed by atoms with Gasteiger partial charge in [0.05, 0.1) is 6.54 Å². The number of benzene rings is 1. The van der Waals surface area contributed by atoms with Crippen LogP contribution in [0.1, 0.15) is 17.3 Å². The van der Waals surface area contributed by atoms with Crippen molar-refractivity contribution in [2.75, 3.05) is 31.1 Å². The zero-order valence-electron chi connectivity index (χ0n) is 17.4. The van der Waals surface area contributed by atoms with E-state index in [1.54, 1.807) is 38.2 Å². The first-order valence-corrected chi connectivity index (χ1v) is 9.90. The first-order chi connectivity index (χ1) is 15.0. The van der Waals surface area contributed by atoms with Gasteiger partial charge in [0.15, 0.2) is 11.2 Å². The highest BCUT2D eigenvalue weighted by molar-refractivity contribution is 5.92. The summed E-state index contributed by atoms with van der Waals surface area (Å²) in [6.45, 7) is 5.33. The second-order valence-electron chi connectivity index (χ2n) is 7.08. The number of hydrogen-bond donors (Lipinski definition) is 2. The lowest BCUT2D eigenvalue weighted by molar-refractivity contribution is 0.100. The fourth-order valence-electron chi connectivity index (χ4n) is 3.43. The fourth-order valence-corrected chi connectivity index (χ4v) is 3.43. The zero-order chi connectivity index (χ0) is 22.0. The predicted octanol–water partition coefficient (Wildman–Crippen LogP) is 0.454. The van der Waals surface area contributed by atoms with Crippen LogP contribution in [0.5, 0.6) is 11.8 Å². The molecule has 1 fully saturated rings. The largest absolute Gasteiger partial charge is 0.425 e. The minimum Gasteiger partial charge on any atom is -0.425 e. The summed E-state index contributed by atoms with van der Waals surface area (Å²) in [6.07, 6.45) is 0. The van der Waals surface area contributed by atoms with Crippen molar-refractivity contribution in [1.82, 2.24) is 24.4 Å². The monoisotopic (exact) mass is 421 g/mol. The van der Waals surface area contributed by atoms with E-state index >= 15 is 0 Å². The molecule has 0 aliphatic carbocycles. The third-order valence-corrected chi connectivity index (χ3v) is 5.09. The van der Waals surface area contributed by atoms with Crippen LogP contribution in [0, 0.1) is 11.8 Å². The van der Waals surface area contributed by atoms with Gasteiger partial charge in [-0.25, -0.2) is 0 Å². The summed E-state index contributed by atoms with van der Waals surface area (Å²) >= 11 is 0. The maximum absolute atomic E-state index is 13.2. The van der Waals surface area contributed by atoms with Crippen LogP contribution < -0.4 is 26.2 Å². The Morgan fingerprint density at radius 3 is 2.58 bits per heavy atom. The van der Waals surface area contributed by atoms with Crippen LogP contribution in [0.4, 0.5) is 5.95 Å². The molecule has 10 heteroatoms. The number of carbonyl (C=O) groups excluding carboxylic acids is 1. The van der Waals surface area contributed by atoms with Crippen LogP contribution in [0.2, 0.25) is 0 Å². The van der Waals surface area contributed by atoms with Gasteiger partial charge in [-0.15, -0.1) is 5.92 Å². The predicted molar refractivity (Wildman–Crippen MR) is 116 cm³/mol. The average molecular weight is 421 g/mol. The standard InChI is InChI=1S/C21H23N7O3/c1-3-4-11-28-16-18(24-20(28)27-12-9-23-10-13-27)25-21(26(2)19(16)30)31-15-7-5-14(6-8-15)17(22)29/h5-8,23H,9-13H2,1-2H3,(H2,22,29). The van der Waals surface area contributed by atoms with Gasteiger partial charge in [0.1, 0.15) is 5.75 Å². The number of nitrogens with zero attached hydrogens (tertiary/aromatic N) is 5. The number of nitrogens with two attached hydrogens (primary N) is 1. The van der Waals surface area contributed by atoms with E-state index in [0.29, 0.717) is 35.0 Å². The fraction of sp³-hybridized carbons (Fsp3) is 0.333. The number of carbonyl (C=O) groups is 1. The highest BCUT2D eigenvalue weighted by Gasteiger charge is 2.23. The molecule has 4 rings (SSSR count). The lowest BCUT2D eigenvalue weighted by atomic mass is 10.2. The number of imidazole rings is 1. The molecule has 1 aromatic carbocycles. The molecule has 0 spiro atoms. The molecule has 3 heterocycles. The van der Waals surface area contributed by atoms with E-state index in [2.05, 4.69) is 32.0 Å². The molecule has 0 atom stereocenters. The van der Waals surface area contributed by atoms with Crippen LogP contribution in [-0.2, 0) is 13.6 Å². The van der Waals surface area contributed by atoms with E-state index in [9.17, 15) is 9.59 Å². The number of piperazine rings is 1. The Labute approximate surface area is 178 Å². The molecule has 10 nitrogen and oxygen atoms in total. The number of fused-ring (bicyclic) bond motifs is 1. The van der Waals surface area contributed by atoms with Crippen molar-refractivity contribution in [3.63, 3.8) is 0 Å². The lowest BCUT2D eigenvalue weighted by Gasteiger charge is -2.28. The lowest BCUT2D eigenvalue weighted by Crippen LogP contribution is -2.44. The molecule has 1 aliphatic rings. The molecule has 0 saturated carbocycles. The van der Waals surface area contributed by atoms with Gasteiger partial charge in [0.25, 0.3) is 5.56 Å². The van der Waals surface area contributed by atoms with Crippen LogP contribution in [0.3, 0.4) is 0 Å². The summed E-state index contributed by atoms with van der Waals surface area (Å²) < 4.78 is 8.96. The number of aromatic nitrogens is 4. The Morgan fingerprint density at radius 1 is 1.23 bits per heavy atom. The van der Waals surface area contributed by atoms with Crippen LogP contribution in [-0.4, -0.2) is 51.2 Å². The molecule has 1 saturated heterocycles. The van der Waals surface area contributed by atoms with Crippen LogP contribution in [0.15, 0.2) is 29.1 Å². The van der Waals surface area contributed by atoms with Crippen LogP contribution in [0.25, 0.3) is 11.2 Å². The van der Waals surface area contributed by atoms with Crippen molar-refractivity contribution in [3.05, 3.63) is 40.2 Å². The van der Waals surface area contributed by atoms with Gasteiger partial charge in [-0.1, -0.05) is 5.92 Å². The number of ether oxygens (including phenoxy) is 1. The van der Waals surface area contributed by atoms with E-state index in [0.717, 1.165) is 26.2 Å². The molecule has 0 unspecified atom stereocenters. The summed E-state index contributed by atoms with van der Waals surface area (Å²) in [5, 5.41) is 3.31. The maximum atomic E-state index is 13.2. The van der Waals surface area contributed by atoms with E-state index in [-0.39, 0.29) is 11.6 Å². The third-order valence-electron chi connectivity index (χ3n) is 5.09. The van der Waals surface area contributed by atoms with E-state index in [1.165, 1.54) is 4.57 Å². The van der Waals surface area contributed by atoms with Gasteiger partial charge in [-0.3, -0.25) is 18.7 Å². The molecule has 0 radical (unpaired) electrons. The quantitative estimate of drug-likeness (QED) is 0.574. The van der Waals surface area contributed by atoms with Crippen molar-refractivity contribution in [2.45, 2.75) is 13.5 Å². The van der Waals surface area contributed by atoms with Crippen molar-refractivity contribution in [1.29, 1.82) is 0 Å². The molecule has 1 amide bonds. The second-order valence-corrected chi connectivity index (χ2v) is 7.08. The molecule has 2 aromatic heterocycles. The number of nitrogens with one attached hydrogen (secondary N) is 1. The van der Waals surface area contributed by atoms with Gasteiger partial charge in [0, 0.05) is 38.8 Å². The van der Waals surface area contributed by atoms with Crippen molar-refractivity contribution in [2.24, 2.45) is 12.8 Å². The van der Waals surface area contributed by atoms with E-state index in [1.807, 2.05) is 4.57 Å². The third kappa shape index (κ3) is 3.95. The molecule has 31 heavy (non-hydrogen) atoms. The summed E-state index contributed by atoms with van der Waals surface area (Å²) in [6, 6.07) is 6.39. The Balaban J connectivity index is 1.78. The summed E-state index contributed by atoms with van der Waals surface area (Å²) in [5.74, 6) is 6.47. The minimum absolute atomic E-state index is 0.0995. The van der Waals surface area contributed by atoms with Crippen LogP contribution >= 0.6 is 0 Å². The molecule has 3 N–H and O–H groups in total. The normalized spacial score (nSPS) is 13.7. The molecule has 3 aromatic rings. The van der Waals surface area contributed by atoms with Crippen molar-refractivity contribution in [3.8, 4) is 23.6 Å². The number of anilines is 1. The molecular formula is C21H23N7O3. The average Bonchev–Trinajstić information content (AvgIpc) is 3.15. The van der Waals surface area contributed by atoms with Gasteiger partial charge in [-0.05, 0) is 31.2 Å². The van der Waals surface area contributed by atoms with Gasteiger partial charge < -0.3 is 20.7 Å². The van der Waals surface area contributed by atoms with Crippen molar-refractivity contribution >= 4 is 23.0 Å². The summed E-state index contributed by atoms with van der Waals surface area (Å²) in [5.41, 5.74) is 6.04. The Kier molecular flexibility index (Phi) is 5.60. The molecule has 0 bridgehead atoms. The summed E-state index contributed by atoms with van der Waals surface area (Å²) in [4.78, 5) is 35.7. The van der Waals surface area contributed by atoms with Gasteiger partial charge >= 0.3 is 6.01 Å². The van der Waals surface area contributed by atoms with Gasteiger partial charge in [0.2, 0.25) is 11.9 Å². The molecular weight excluding hydrogens is 398 g/mol. The number of amides is 1. The van der Waals surface area contributed by atoms with Crippen molar-refractivity contribution < 1.29 is 9.53 Å². The number of hydrogen-bond acceptors (Lipinski definition) is 7. The Morgan fingerprint density at radius 2 is 1.94 bits per heavy atom. The minimum atomic E-state index is -0.528. The SMILES string of the molecule is CC#CCn1c(N2CCNCC2)nc2nc(Oc3ccc(C(N)=O)cc3)n(C)c(=O)c21. The second kappa shape index (κ2) is 8.49. The van der Waals surface area contributed by atoms with Gasteiger partial charge in [-0.2, -0.15) is 9.97 Å². The van der Waals surface area contributed by atoms with E-state index < -0.39 is 5.91 Å². The molecule has 1 aliphatic heterocycles. The Hall–Kier alpha value is -3.84. The molecule has 160 valence electrons. The topological polar surface area (TPSA) is 120 Å². The smallest absolute Gasteiger partial charge is 0.306 e. The first kappa shape index (κ1) is 20.4. The summed E-state index contributed by atoms with van der Waals surface area (Å²) in [7, 11) is 1.59.